The van der Waals surface area contributed by atoms with Crippen LogP contribution < -0.4 is 16.2 Å². The molecule has 0 amide bonds. The highest BCUT2D eigenvalue weighted by molar-refractivity contribution is 5.73. The maximum atomic E-state index is 12.0. The Hall–Kier alpha value is -2.88. The topological polar surface area (TPSA) is 111 Å². The largest absolute Gasteiger partial charge is 0.493 e. The van der Waals surface area contributed by atoms with Crippen LogP contribution in [0.15, 0.2) is 24.3 Å². The summed E-state index contributed by atoms with van der Waals surface area (Å²) >= 11 is 0. The average Bonchev–Trinajstić information content (AvgIpc) is 2.47. The van der Waals surface area contributed by atoms with Crippen LogP contribution >= 0.6 is 0 Å². The first-order valence-corrected chi connectivity index (χ1v) is 6.28. The Labute approximate surface area is 121 Å². The summed E-state index contributed by atoms with van der Waals surface area (Å²) in [5.41, 5.74) is 12.4. The summed E-state index contributed by atoms with van der Waals surface area (Å²) in [5, 5.41) is 9.14. The number of benzene rings is 1. The molecule has 2 rings (SSSR count). The fourth-order valence-corrected chi connectivity index (χ4v) is 1.77. The summed E-state index contributed by atoms with van der Waals surface area (Å²) in [6, 6.07) is 8.85. The average molecular weight is 287 g/mol. The molecule has 0 unspecified atom stereocenters. The lowest BCUT2D eigenvalue weighted by Gasteiger charge is -2.08. The molecule has 0 saturated carbocycles. The zero-order chi connectivity index (χ0) is 15.2. The maximum Gasteiger partial charge on any atom is 0.222 e. The second-order valence-electron chi connectivity index (χ2n) is 4.22. The lowest BCUT2D eigenvalue weighted by Crippen LogP contribution is -2.05. The van der Waals surface area contributed by atoms with E-state index in [0.29, 0.717) is 30.0 Å². The van der Waals surface area contributed by atoms with Crippen molar-refractivity contribution in [2.45, 2.75) is 6.42 Å². The van der Waals surface area contributed by atoms with E-state index in [1.54, 1.807) is 24.3 Å². The van der Waals surface area contributed by atoms with E-state index in [9.17, 15) is 4.39 Å². The fraction of sp³-hybridized carbons (Fsp3) is 0.214. The van der Waals surface area contributed by atoms with Crippen LogP contribution in [0.2, 0.25) is 0 Å². The Morgan fingerprint density at radius 1 is 1.19 bits per heavy atom. The van der Waals surface area contributed by atoms with Crippen molar-refractivity contribution < 1.29 is 9.13 Å². The molecule has 0 spiro atoms. The number of nitrogens with zero attached hydrogens (tertiary/aromatic N) is 3. The molecule has 0 radical (unpaired) electrons. The molecule has 1 heterocycles. The van der Waals surface area contributed by atoms with E-state index in [0.717, 1.165) is 0 Å². The summed E-state index contributed by atoms with van der Waals surface area (Å²) in [6.07, 6.45) is 0.347. The fourth-order valence-electron chi connectivity index (χ4n) is 1.77. The number of alkyl halides is 1. The summed E-state index contributed by atoms with van der Waals surface area (Å²) in [5.74, 6) is 0.661. The van der Waals surface area contributed by atoms with Gasteiger partial charge < -0.3 is 16.2 Å². The summed E-state index contributed by atoms with van der Waals surface area (Å²) in [4.78, 5) is 7.81. The van der Waals surface area contributed by atoms with Crippen molar-refractivity contribution in [1.29, 1.82) is 5.26 Å². The molecule has 0 fully saturated rings. The number of nitriles is 1. The number of halogens is 1. The summed E-state index contributed by atoms with van der Waals surface area (Å²) < 4.78 is 17.3. The maximum absolute atomic E-state index is 12.0. The first-order valence-electron chi connectivity index (χ1n) is 6.28. The van der Waals surface area contributed by atoms with Gasteiger partial charge in [-0.25, -0.2) is 4.98 Å². The molecular formula is C14H14FN5O. The smallest absolute Gasteiger partial charge is 0.222 e. The van der Waals surface area contributed by atoms with Crippen molar-refractivity contribution >= 4 is 11.8 Å². The molecule has 0 atom stereocenters. The number of ether oxygens (including phenoxy) is 1. The van der Waals surface area contributed by atoms with Gasteiger partial charge in [0.15, 0.2) is 0 Å². The molecule has 21 heavy (non-hydrogen) atoms. The van der Waals surface area contributed by atoms with E-state index in [1.807, 2.05) is 6.07 Å². The number of hydrogen-bond donors (Lipinski definition) is 2. The quantitative estimate of drug-likeness (QED) is 0.813. The molecular weight excluding hydrogens is 273 g/mol. The van der Waals surface area contributed by atoms with Crippen LogP contribution in [0.5, 0.6) is 5.75 Å². The normalized spacial score (nSPS) is 10.1. The predicted molar refractivity (Wildman–Crippen MR) is 77.1 cm³/mol. The Balaban J connectivity index is 2.29. The van der Waals surface area contributed by atoms with Crippen molar-refractivity contribution in [1.82, 2.24) is 9.97 Å². The van der Waals surface area contributed by atoms with E-state index in [1.165, 1.54) is 0 Å². The predicted octanol–water partition coefficient (Wildman–Crippen LogP) is 1.92. The number of nitrogen functional groups attached to an aromatic ring is 2. The Morgan fingerprint density at radius 2 is 1.90 bits per heavy atom. The van der Waals surface area contributed by atoms with E-state index >= 15 is 0 Å². The van der Waals surface area contributed by atoms with Crippen molar-refractivity contribution in [3.05, 3.63) is 29.8 Å². The van der Waals surface area contributed by atoms with Crippen LogP contribution in [-0.2, 0) is 0 Å². The molecule has 0 bridgehead atoms. The van der Waals surface area contributed by atoms with Crippen LogP contribution in [-0.4, -0.2) is 23.2 Å². The minimum absolute atomic E-state index is 0.00442. The summed E-state index contributed by atoms with van der Waals surface area (Å²) in [7, 11) is 0. The van der Waals surface area contributed by atoms with Crippen molar-refractivity contribution in [3.8, 4) is 23.1 Å². The van der Waals surface area contributed by atoms with Crippen LogP contribution in [0.1, 0.15) is 12.0 Å². The van der Waals surface area contributed by atoms with E-state index < -0.39 is 6.67 Å². The highest BCUT2D eigenvalue weighted by Gasteiger charge is 2.13. The molecule has 0 saturated heterocycles. The highest BCUT2D eigenvalue weighted by Crippen LogP contribution is 2.26. The van der Waals surface area contributed by atoms with Gasteiger partial charge in [-0.15, -0.1) is 0 Å². The van der Waals surface area contributed by atoms with E-state index in [-0.39, 0.29) is 17.3 Å². The molecule has 2 aromatic rings. The Morgan fingerprint density at radius 3 is 2.52 bits per heavy atom. The zero-order valence-electron chi connectivity index (χ0n) is 11.2. The van der Waals surface area contributed by atoms with Gasteiger partial charge in [0.05, 0.1) is 19.0 Å². The van der Waals surface area contributed by atoms with Gasteiger partial charge in [0.1, 0.15) is 23.2 Å². The van der Waals surface area contributed by atoms with Gasteiger partial charge in [-0.05, 0) is 24.3 Å². The molecule has 7 heteroatoms. The zero-order valence-corrected chi connectivity index (χ0v) is 11.2. The van der Waals surface area contributed by atoms with Crippen LogP contribution in [0.4, 0.5) is 16.2 Å². The van der Waals surface area contributed by atoms with Crippen LogP contribution in [0.3, 0.4) is 0 Å². The first kappa shape index (κ1) is 14.5. The van der Waals surface area contributed by atoms with Gasteiger partial charge in [-0.1, -0.05) is 0 Å². The molecule has 0 aliphatic carbocycles. The molecule has 108 valence electrons. The van der Waals surface area contributed by atoms with Crippen molar-refractivity contribution in [2.75, 3.05) is 24.7 Å². The number of anilines is 2. The number of hydrogen-bond acceptors (Lipinski definition) is 6. The lowest BCUT2D eigenvalue weighted by atomic mass is 10.1. The van der Waals surface area contributed by atoms with Gasteiger partial charge in [0, 0.05) is 12.0 Å². The van der Waals surface area contributed by atoms with Gasteiger partial charge >= 0.3 is 0 Å². The number of rotatable bonds is 5. The third-order valence-electron chi connectivity index (χ3n) is 2.74. The molecule has 0 aliphatic heterocycles. The van der Waals surface area contributed by atoms with Gasteiger partial charge in [0.25, 0.3) is 0 Å². The second kappa shape index (κ2) is 6.52. The third-order valence-corrected chi connectivity index (χ3v) is 2.74. The van der Waals surface area contributed by atoms with E-state index in [4.69, 9.17) is 21.5 Å². The monoisotopic (exact) mass is 287 g/mol. The van der Waals surface area contributed by atoms with Gasteiger partial charge in [-0.2, -0.15) is 10.2 Å². The summed E-state index contributed by atoms with van der Waals surface area (Å²) in [6.45, 7) is -0.101. The number of nitrogens with two attached hydrogens (primary N) is 2. The van der Waals surface area contributed by atoms with Crippen molar-refractivity contribution in [3.63, 3.8) is 0 Å². The Bertz CT molecular complexity index is 666. The van der Waals surface area contributed by atoms with Gasteiger partial charge in [-0.3, -0.25) is 4.39 Å². The Kier molecular flexibility index (Phi) is 4.51. The van der Waals surface area contributed by atoms with Gasteiger partial charge in [0.2, 0.25) is 5.95 Å². The van der Waals surface area contributed by atoms with Crippen LogP contribution in [0, 0.1) is 11.3 Å². The molecule has 0 aliphatic rings. The molecule has 4 N–H and O–H groups in total. The molecule has 1 aromatic heterocycles. The third kappa shape index (κ3) is 3.36. The minimum Gasteiger partial charge on any atom is -0.493 e. The minimum atomic E-state index is -0.414. The second-order valence-corrected chi connectivity index (χ2v) is 4.22. The highest BCUT2D eigenvalue weighted by atomic mass is 19.1. The van der Waals surface area contributed by atoms with Crippen molar-refractivity contribution in [2.24, 2.45) is 0 Å². The lowest BCUT2D eigenvalue weighted by molar-refractivity contribution is 0.289. The first-order chi connectivity index (χ1) is 10.2. The molecule has 6 nitrogen and oxygen atoms in total. The standard InChI is InChI=1S/C14H14FN5O/c15-6-1-7-21-10-4-2-9(3-5-10)12-11(8-16)13(17)20-14(18)19-12/h2-5H,1,6-7H2,(H4,17,18,19,20). The van der Waals surface area contributed by atoms with Crippen LogP contribution in [0.25, 0.3) is 11.3 Å². The van der Waals surface area contributed by atoms with E-state index in [2.05, 4.69) is 9.97 Å². The molecule has 1 aromatic carbocycles. The number of aromatic nitrogens is 2. The SMILES string of the molecule is N#Cc1c(N)nc(N)nc1-c1ccc(OCCCF)cc1.